The molecule has 1 aromatic carbocycles. The van der Waals surface area contributed by atoms with E-state index in [1.807, 2.05) is 11.3 Å². The minimum atomic E-state index is 0.518. The SMILES string of the molecule is CC(c1ccccc1)N1CCc2sccc2C1. The van der Waals surface area contributed by atoms with Crippen molar-refractivity contribution in [1.29, 1.82) is 0 Å². The molecule has 0 N–H and O–H groups in total. The number of hydrogen-bond donors (Lipinski definition) is 0. The van der Waals surface area contributed by atoms with Gasteiger partial charge in [0.15, 0.2) is 0 Å². The van der Waals surface area contributed by atoms with Crippen LogP contribution in [-0.4, -0.2) is 11.4 Å². The first-order chi connectivity index (χ1) is 8.34. The zero-order valence-electron chi connectivity index (χ0n) is 10.1. The molecule has 1 aliphatic rings. The second-order valence-corrected chi connectivity index (χ2v) is 5.68. The van der Waals surface area contributed by atoms with Crippen molar-refractivity contribution >= 4 is 11.3 Å². The monoisotopic (exact) mass is 243 g/mol. The van der Waals surface area contributed by atoms with Gasteiger partial charge in [-0.25, -0.2) is 0 Å². The van der Waals surface area contributed by atoms with Crippen LogP contribution in [0, 0.1) is 0 Å². The summed E-state index contributed by atoms with van der Waals surface area (Å²) in [5.41, 5.74) is 2.95. The number of fused-ring (bicyclic) bond motifs is 1. The average Bonchev–Trinajstić information content (AvgIpc) is 2.86. The maximum Gasteiger partial charge on any atom is 0.0323 e. The van der Waals surface area contributed by atoms with Gasteiger partial charge in [-0.15, -0.1) is 11.3 Å². The third kappa shape index (κ3) is 2.15. The van der Waals surface area contributed by atoms with Crippen LogP contribution in [0.15, 0.2) is 41.8 Å². The van der Waals surface area contributed by atoms with Crippen LogP contribution in [0.5, 0.6) is 0 Å². The summed E-state index contributed by atoms with van der Waals surface area (Å²) < 4.78 is 0. The fourth-order valence-corrected chi connectivity index (χ4v) is 3.43. The Morgan fingerprint density at radius 2 is 2.00 bits per heavy atom. The molecule has 1 unspecified atom stereocenters. The van der Waals surface area contributed by atoms with Crippen LogP contribution in [0.4, 0.5) is 0 Å². The summed E-state index contributed by atoms with van der Waals surface area (Å²) >= 11 is 1.91. The molecule has 0 saturated carbocycles. The second-order valence-electron chi connectivity index (χ2n) is 4.68. The first-order valence-electron chi connectivity index (χ1n) is 6.19. The Labute approximate surface area is 107 Å². The summed E-state index contributed by atoms with van der Waals surface area (Å²) in [7, 11) is 0. The smallest absolute Gasteiger partial charge is 0.0323 e. The lowest BCUT2D eigenvalue weighted by atomic mass is 10.0. The largest absolute Gasteiger partial charge is 0.292 e. The van der Waals surface area contributed by atoms with E-state index in [-0.39, 0.29) is 0 Å². The van der Waals surface area contributed by atoms with Crippen LogP contribution in [0.3, 0.4) is 0 Å². The maximum absolute atomic E-state index is 2.57. The Kier molecular flexibility index (Phi) is 3.00. The van der Waals surface area contributed by atoms with E-state index in [4.69, 9.17) is 0 Å². The van der Waals surface area contributed by atoms with Gasteiger partial charge < -0.3 is 0 Å². The maximum atomic E-state index is 2.57. The van der Waals surface area contributed by atoms with E-state index in [1.165, 1.54) is 24.1 Å². The fraction of sp³-hybridized carbons (Fsp3) is 0.333. The van der Waals surface area contributed by atoms with Gasteiger partial charge >= 0.3 is 0 Å². The molecule has 3 rings (SSSR count). The number of hydrogen-bond acceptors (Lipinski definition) is 2. The zero-order valence-corrected chi connectivity index (χ0v) is 10.9. The van der Waals surface area contributed by atoms with E-state index in [0.717, 1.165) is 6.54 Å². The van der Waals surface area contributed by atoms with Crippen molar-refractivity contribution in [2.45, 2.75) is 25.9 Å². The predicted molar refractivity (Wildman–Crippen MR) is 73.3 cm³/mol. The van der Waals surface area contributed by atoms with E-state index in [2.05, 4.69) is 53.6 Å². The Hall–Kier alpha value is -1.12. The first kappa shape index (κ1) is 11.0. The highest BCUT2D eigenvalue weighted by atomic mass is 32.1. The van der Waals surface area contributed by atoms with E-state index in [0.29, 0.717) is 6.04 Å². The predicted octanol–water partition coefficient (Wildman–Crippen LogP) is 3.87. The zero-order chi connectivity index (χ0) is 11.7. The summed E-state index contributed by atoms with van der Waals surface area (Å²) in [4.78, 5) is 4.16. The van der Waals surface area contributed by atoms with Gasteiger partial charge in [0.1, 0.15) is 0 Å². The molecule has 1 aromatic heterocycles. The molecule has 1 nitrogen and oxygen atoms in total. The highest BCUT2D eigenvalue weighted by Crippen LogP contribution is 2.29. The molecule has 0 aliphatic carbocycles. The molecule has 1 atom stereocenters. The van der Waals surface area contributed by atoms with Crippen LogP contribution in [-0.2, 0) is 13.0 Å². The summed E-state index contributed by atoms with van der Waals surface area (Å²) in [6.45, 7) is 4.60. The molecule has 0 bridgehead atoms. The van der Waals surface area contributed by atoms with Crippen molar-refractivity contribution < 1.29 is 0 Å². The average molecular weight is 243 g/mol. The molecule has 0 spiro atoms. The standard InChI is InChI=1S/C15H17NS/c1-12(13-5-3-2-4-6-13)16-9-7-15-14(11-16)8-10-17-15/h2-6,8,10,12H,7,9,11H2,1H3. The Balaban J connectivity index is 1.79. The molecule has 0 fully saturated rings. The van der Waals surface area contributed by atoms with E-state index in [9.17, 15) is 0 Å². The van der Waals surface area contributed by atoms with E-state index < -0.39 is 0 Å². The molecule has 0 saturated heterocycles. The number of thiophene rings is 1. The van der Waals surface area contributed by atoms with E-state index >= 15 is 0 Å². The molecule has 2 aromatic rings. The van der Waals surface area contributed by atoms with Crippen molar-refractivity contribution in [3.8, 4) is 0 Å². The summed E-state index contributed by atoms with van der Waals surface area (Å²) in [5.74, 6) is 0. The van der Waals surface area contributed by atoms with Crippen molar-refractivity contribution in [3.05, 3.63) is 57.8 Å². The van der Waals surface area contributed by atoms with Crippen LogP contribution >= 0.6 is 11.3 Å². The molecular formula is C15H17NS. The van der Waals surface area contributed by atoms with E-state index in [1.54, 1.807) is 4.88 Å². The van der Waals surface area contributed by atoms with Gasteiger partial charge in [0.2, 0.25) is 0 Å². The molecule has 2 heterocycles. The molecule has 0 radical (unpaired) electrons. The summed E-state index contributed by atoms with van der Waals surface area (Å²) in [6.07, 6.45) is 1.21. The van der Waals surface area contributed by atoms with Crippen molar-refractivity contribution in [2.24, 2.45) is 0 Å². The topological polar surface area (TPSA) is 3.24 Å². The van der Waals surface area contributed by atoms with Gasteiger partial charge in [-0.2, -0.15) is 0 Å². The van der Waals surface area contributed by atoms with Crippen molar-refractivity contribution in [2.75, 3.05) is 6.54 Å². The number of rotatable bonds is 2. The molecule has 17 heavy (non-hydrogen) atoms. The van der Waals surface area contributed by atoms with Gasteiger partial charge in [-0.3, -0.25) is 4.90 Å². The lowest BCUT2D eigenvalue weighted by Gasteiger charge is -2.32. The normalized spacial score (nSPS) is 17.7. The van der Waals surface area contributed by atoms with Gasteiger partial charge in [0.25, 0.3) is 0 Å². The van der Waals surface area contributed by atoms with Gasteiger partial charge in [-0.1, -0.05) is 30.3 Å². The minimum absolute atomic E-state index is 0.518. The summed E-state index contributed by atoms with van der Waals surface area (Å²) in [6, 6.07) is 13.6. The highest BCUT2D eigenvalue weighted by Gasteiger charge is 2.21. The lowest BCUT2D eigenvalue weighted by Crippen LogP contribution is -2.32. The Bertz CT molecular complexity index is 489. The third-order valence-electron chi connectivity index (χ3n) is 3.67. The van der Waals surface area contributed by atoms with Gasteiger partial charge in [-0.05, 0) is 35.9 Å². The quantitative estimate of drug-likeness (QED) is 0.774. The third-order valence-corrected chi connectivity index (χ3v) is 4.69. The lowest BCUT2D eigenvalue weighted by molar-refractivity contribution is 0.193. The number of nitrogens with zero attached hydrogens (tertiary/aromatic N) is 1. The minimum Gasteiger partial charge on any atom is -0.292 e. The highest BCUT2D eigenvalue weighted by molar-refractivity contribution is 7.10. The Morgan fingerprint density at radius 1 is 1.18 bits per heavy atom. The van der Waals surface area contributed by atoms with Crippen molar-refractivity contribution in [1.82, 2.24) is 4.90 Å². The van der Waals surface area contributed by atoms with Crippen LogP contribution < -0.4 is 0 Å². The van der Waals surface area contributed by atoms with Gasteiger partial charge in [0, 0.05) is 24.0 Å². The molecule has 1 aliphatic heterocycles. The van der Waals surface area contributed by atoms with Crippen LogP contribution in [0.25, 0.3) is 0 Å². The molecular weight excluding hydrogens is 226 g/mol. The first-order valence-corrected chi connectivity index (χ1v) is 7.07. The molecule has 0 amide bonds. The Morgan fingerprint density at radius 3 is 2.82 bits per heavy atom. The fourth-order valence-electron chi connectivity index (χ4n) is 2.54. The second kappa shape index (κ2) is 4.63. The van der Waals surface area contributed by atoms with Crippen molar-refractivity contribution in [3.63, 3.8) is 0 Å². The summed E-state index contributed by atoms with van der Waals surface area (Å²) in [5, 5.41) is 2.22. The molecule has 2 heteroatoms. The molecule has 88 valence electrons. The van der Waals surface area contributed by atoms with Gasteiger partial charge in [0.05, 0.1) is 0 Å². The van der Waals surface area contributed by atoms with Crippen LogP contribution in [0.1, 0.15) is 29.0 Å². The van der Waals surface area contributed by atoms with Crippen LogP contribution in [0.2, 0.25) is 0 Å². The number of benzene rings is 1.